The predicted octanol–water partition coefficient (Wildman–Crippen LogP) is 3.04. The Morgan fingerprint density at radius 1 is 1.22 bits per heavy atom. The highest BCUT2D eigenvalue weighted by Crippen LogP contribution is 2.28. The van der Waals surface area contributed by atoms with Crippen molar-refractivity contribution in [2.75, 3.05) is 13.1 Å². The van der Waals surface area contributed by atoms with E-state index in [1.165, 1.54) is 6.07 Å². The highest BCUT2D eigenvalue weighted by Gasteiger charge is 2.22. The molecule has 3 heterocycles. The van der Waals surface area contributed by atoms with Gasteiger partial charge in [0.25, 0.3) is 0 Å². The van der Waals surface area contributed by atoms with Gasteiger partial charge >= 0.3 is 0 Å². The van der Waals surface area contributed by atoms with Gasteiger partial charge in [0.05, 0.1) is 16.4 Å². The number of likely N-dealkylation sites (tertiary alicyclic amines) is 1. The molecular formula is C19H20ClFN6. The fraction of sp³-hybridized carbons (Fsp3) is 0.316. The zero-order chi connectivity index (χ0) is 18.8. The Bertz CT molecular complexity index is 929. The maximum atomic E-state index is 13.6. The van der Waals surface area contributed by atoms with Crippen LogP contribution in [-0.4, -0.2) is 44.0 Å². The predicted molar refractivity (Wildman–Crippen MR) is 102 cm³/mol. The van der Waals surface area contributed by atoms with Gasteiger partial charge in [0.2, 0.25) is 0 Å². The van der Waals surface area contributed by atoms with Crippen LogP contribution in [0.1, 0.15) is 18.5 Å². The molecule has 1 aromatic carbocycles. The number of benzene rings is 1. The van der Waals surface area contributed by atoms with Crippen LogP contribution >= 0.6 is 11.6 Å². The molecule has 0 bridgehead atoms. The van der Waals surface area contributed by atoms with Crippen LogP contribution in [0, 0.1) is 5.82 Å². The number of piperidine rings is 1. The van der Waals surface area contributed by atoms with Crippen LogP contribution in [0.3, 0.4) is 0 Å². The molecule has 0 spiro atoms. The summed E-state index contributed by atoms with van der Waals surface area (Å²) in [6.45, 7) is 2.48. The topological polar surface area (TPSA) is 72.9 Å². The number of hydrogen-bond donors (Lipinski definition) is 1. The van der Waals surface area contributed by atoms with Gasteiger partial charge in [-0.05, 0) is 49.7 Å². The van der Waals surface area contributed by atoms with E-state index in [1.807, 2.05) is 12.1 Å². The van der Waals surface area contributed by atoms with Crippen LogP contribution in [0.4, 0.5) is 4.39 Å². The Morgan fingerprint density at radius 3 is 2.78 bits per heavy atom. The first-order valence-corrected chi connectivity index (χ1v) is 9.28. The van der Waals surface area contributed by atoms with Crippen molar-refractivity contribution >= 4 is 11.6 Å². The molecule has 2 N–H and O–H groups in total. The quantitative estimate of drug-likeness (QED) is 0.746. The summed E-state index contributed by atoms with van der Waals surface area (Å²) in [6, 6.07) is 8.53. The first-order chi connectivity index (χ1) is 13.1. The van der Waals surface area contributed by atoms with Gasteiger partial charge in [-0.15, -0.1) is 5.10 Å². The molecule has 1 fully saturated rings. The highest BCUT2D eigenvalue weighted by molar-refractivity contribution is 6.30. The molecule has 1 aliphatic rings. The molecule has 0 amide bonds. The molecule has 1 unspecified atom stereocenters. The number of aromatic nitrogens is 4. The van der Waals surface area contributed by atoms with Crippen LogP contribution in [-0.2, 0) is 6.54 Å². The zero-order valence-electron chi connectivity index (χ0n) is 14.7. The maximum Gasteiger partial charge on any atom is 0.141 e. The van der Waals surface area contributed by atoms with Gasteiger partial charge in [-0.1, -0.05) is 16.8 Å². The second-order valence-corrected chi connectivity index (χ2v) is 7.18. The van der Waals surface area contributed by atoms with E-state index in [2.05, 4.69) is 20.2 Å². The molecule has 27 heavy (non-hydrogen) atoms. The highest BCUT2D eigenvalue weighted by atomic mass is 35.5. The molecule has 0 saturated carbocycles. The second kappa shape index (κ2) is 7.72. The minimum Gasteiger partial charge on any atom is -0.327 e. The molecule has 4 rings (SSSR count). The van der Waals surface area contributed by atoms with Crippen molar-refractivity contribution in [2.24, 2.45) is 5.73 Å². The van der Waals surface area contributed by atoms with Crippen LogP contribution in [0.2, 0.25) is 5.02 Å². The summed E-state index contributed by atoms with van der Waals surface area (Å²) in [6.07, 6.45) is 5.58. The molecule has 1 saturated heterocycles. The van der Waals surface area contributed by atoms with Gasteiger partial charge in [0, 0.05) is 37.1 Å². The normalized spacial score (nSPS) is 18.0. The van der Waals surface area contributed by atoms with E-state index in [1.54, 1.807) is 29.2 Å². The number of hydrogen-bond acceptors (Lipinski definition) is 5. The third kappa shape index (κ3) is 3.85. The van der Waals surface area contributed by atoms with E-state index in [4.69, 9.17) is 17.3 Å². The average molecular weight is 387 g/mol. The van der Waals surface area contributed by atoms with Crippen molar-refractivity contribution in [1.82, 2.24) is 24.9 Å². The summed E-state index contributed by atoms with van der Waals surface area (Å²) in [4.78, 5) is 6.39. The summed E-state index contributed by atoms with van der Waals surface area (Å²) in [5.74, 6) is -0.464. The summed E-state index contributed by atoms with van der Waals surface area (Å²) >= 11 is 5.97. The first-order valence-electron chi connectivity index (χ1n) is 8.90. The standard InChI is InChI=1S/C19H20ClFN6/c20-16-10-15(3-4-17(16)21)27-19(13-5-7-23-8-6-13)18(24-25-27)12-26-9-1-2-14(22)11-26/h3-8,10,14H,1-2,9,11-12,22H2. The third-order valence-electron chi connectivity index (χ3n) is 4.76. The largest absolute Gasteiger partial charge is 0.327 e. The van der Waals surface area contributed by atoms with Gasteiger partial charge in [-0.3, -0.25) is 9.88 Å². The lowest BCUT2D eigenvalue weighted by Crippen LogP contribution is -2.42. The number of nitrogens with two attached hydrogens (primary N) is 1. The lowest BCUT2D eigenvalue weighted by molar-refractivity contribution is 0.199. The minimum absolute atomic E-state index is 0.0484. The van der Waals surface area contributed by atoms with E-state index in [9.17, 15) is 4.39 Å². The van der Waals surface area contributed by atoms with Gasteiger partial charge in [-0.2, -0.15) is 0 Å². The van der Waals surface area contributed by atoms with Crippen molar-refractivity contribution < 1.29 is 4.39 Å². The molecular weight excluding hydrogens is 367 g/mol. The Hall–Kier alpha value is -2.35. The molecule has 6 nitrogen and oxygen atoms in total. The molecule has 0 radical (unpaired) electrons. The number of pyridine rings is 1. The first kappa shape index (κ1) is 18.0. The van der Waals surface area contributed by atoms with Crippen molar-refractivity contribution in [1.29, 1.82) is 0 Å². The van der Waals surface area contributed by atoms with Crippen LogP contribution in [0.15, 0.2) is 42.7 Å². The summed E-state index contributed by atoms with van der Waals surface area (Å²) in [5, 5.41) is 8.79. The maximum absolute atomic E-state index is 13.6. The molecule has 3 aromatic rings. The minimum atomic E-state index is -0.464. The molecule has 1 atom stereocenters. The molecule has 8 heteroatoms. The van der Waals surface area contributed by atoms with Crippen molar-refractivity contribution in [3.8, 4) is 16.9 Å². The van der Waals surface area contributed by atoms with Crippen molar-refractivity contribution in [3.05, 3.63) is 59.3 Å². The lowest BCUT2D eigenvalue weighted by Gasteiger charge is -2.30. The summed E-state index contributed by atoms with van der Waals surface area (Å²) in [5.41, 5.74) is 9.40. The summed E-state index contributed by atoms with van der Waals surface area (Å²) < 4.78 is 15.3. The zero-order valence-corrected chi connectivity index (χ0v) is 15.5. The summed E-state index contributed by atoms with van der Waals surface area (Å²) in [7, 11) is 0. The van der Waals surface area contributed by atoms with Crippen molar-refractivity contribution in [3.63, 3.8) is 0 Å². The van der Waals surface area contributed by atoms with E-state index in [0.717, 1.165) is 42.9 Å². The Morgan fingerprint density at radius 2 is 2.04 bits per heavy atom. The molecule has 140 valence electrons. The van der Waals surface area contributed by atoms with E-state index in [-0.39, 0.29) is 11.1 Å². The van der Waals surface area contributed by atoms with E-state index < -0.39 is 5.82 Å². The SMILES string of the molecule is NC1CCCN(Cc2nnn(-c3ccc(F)c(Cl)c3)c2-c2ccncc2)C1. The molecule has 0 aliphatic carbocycles. The molecule has 1 aliphatic heterocycles. The molecule has 2 aromatic heterocycles. The lowest BCUT2D eigenvalue weighted by atomic mass is 10.1. The Balaban J connectivity index is 1.75. The smallest absolute Gasteiger partial charge is 0.141 e. The van der Waals surface area contributed by atoms with Crippen LogP contribution in [0.5, 0.6) is 0 Å². The monoisotopic (exact) mass is 386 g/mol. The number of halogens is 2. The van der Waals surface area contributed by atoms with E-state index in [0.29, 0.717) is 12.2 Å². The van der Waals surface area contributed by atoms with Crippen LogP contribution < -0.4 is 5.73 Å². The van der Waals surface area contributed by atoms with Gasteiger partial charge in [-0.25, -0.2) is 9.07 Å². The van der Waals surface area contributed by atoms with Crippen molar-refractivity contribution in [2.45, 2.75) is 25.4 Å². The average Bonchev–Trinajstić information content (AvgIpc) is 3.08. The number of nitrogens with zero attached hydrogens (tertiary/aromatic N) is 5. The third-order valence-corrected chi connectivity index (χ3v) is 5.05. The van der Waals surface area contributed by atoms with E-state index >= 15 is 0 Å². The second-order valence-electron chi connectivity index (χ2n) is 6.77. The number of rotatable bonds is 4. The Labute approximate surface area is 161 Å². The van der Waals surface area contributed by atoms with Gasteiger partial charge < -0.3 is 5.73 Å². The fourth-order valence-corrected chi connectivity index (χ4v) is 3.64. The Kier molecular flexibility index (Phi) is 5.15. The van der Waals surface area contributed by atoms with Crippen LogP contribution in [0.25, 0.3) is 16.9 Å². The van der Waals surface area contributed by atoms with Gasteiger partial charge in [0.15, 0.2) is 0 Å². The fourth-order valence-electron chi connectivity index (χ4n) is 3.46. The van der Waals surface area contributed by atoms with Gasteiger partial charge in [0.1, 0.15) is 11.5 Å².